The topological polar surface area (TPSA) is 34.9 Å². The molecule has 0 atom stereocenters. The summed E-state index contributed by atoms with van der Waals surface area (Å²) < 4.78 is 1.66. The average Bonchev–Trinajstić information content (AvgIpc) is 2.32. The Hall–Kier alpha value is -0.830. The number of nitrogens with zero attached hydrogens (tertiary/aromatic N) is 2. The quantitative estimate of drug-likeness (QED) is 0.550. The van der Waals surface area contributed by atoms with Crippen molar-refractivity contribution < 1.29 is 4.79 Å². The minimum Gasteiger partial charge on any atom is -0.303 e. The van der Waals surface area contributed by atoms with E-state index in [0.29, 0.717) is 11.6 Å². The number of carbonyl (C=O) groups is 1. The van der Waals surface area contributed by atoms with Crippen LogP contribution >= 0.6 is 11.6 Å². The number of rotatable bonds is 4. The molecular weight excluding hydrogens is 188 g/mol. The van der Waals surface area contributed by atoms with Gasteiger partial charge in [0.1, 0.15) is 11.4 Å². The van der Waals surface area contributed by atoms with Crippen molar-refractivity contribution in [2.75, 3.05) is 0 Å². The SMILES string of the molecule is Cc1nn(C)c(Cl)c1CCCC=O. The highest BCUT2D eigenvalue weighted by molar-refractivity contribution is 6.30. The molecule has 0 aromatic carbocycles. The van der Waals surface area contributed by atoms with Crippen molar-refractivity contribution in [1.29, 1.82) is 0 Å². The van der Waals surface area contributed by atoms with Crippen molar-refractivity contribution >= 4 is 17.9 Å². The van der Waals surface area contributed by atoms with Crippen LogP contribution in [0.25, 0.3) is 0 Å². The fourth-order valence-electron chi connectivity index (χ4n) is 1.32. The van der Waals surface area contributed by atoms with Crippen LogP contribution < -0.4 is 0 Å². The Kier molecular flexibility index (Phi) is 3.48. The highest BCUT2D eigenvalue weighted by Crippen LogP contribution is 2.20. The van der Waals surface area contributed by atoms with Gasteiger partial charge in [0.25, 0.3) is 0 Å². The Bertz CT molecular complexity index is 307. The second-order valence-corrected chi connectivity index (χ2v) is 3.40. The zero-order valence-electron chi connectivity index (χ0n) is 7.88. The lowest BCUT2D eigenvalue weighted by atomic mass is 10.1. The molecule has 1 rings (SSSR count). The first-order valence-corrected chi connectivity index (χ1v) is 4.66. The van der Waals surface area contributed by atoms with Crippen LogP contribution in [0.3, 0.4) is 0 Å². The van der Waals surface area contributed by atoms with E-state index in [1.54, 1.807) is 4.68 Å². The molecule has 0 aliphatic heterocycles. The second kappa shape index (κ2) is 4.42. The van der Waals surface area contributed by atoms with Crippen LogP contribution in [0.4, 0.5) is 0 Å². The van der Waals surface area contributed by atoms with E-state index in [1.807, 2.05) is 14.0 Å². The van der Waals surface area contributed by atoms with Gasteiger partial charge in [-0.05, 0) is 19.8 Å². The van der Waals surface area contributed by atoms with Gasteiger partial charge in [0.2, 0.25) is 0 Å². The van der Waals surface area contributed by atoms with Crippen molar-refractivity contribution in [3.8, 4) is 0 Å². The first kappa shape index (κ1) is 10.3. The number of aldehydes is 1. The molecule has 0 saturated heterocycles. The van der Waals surface area contributed by atoms with Gasteiger partial charge in [0, 0.05) is 19.0 Å². The predicted octanol–water partition coefficient (Wildman–Crippen LogP) is 1.90. The van der Waals surface area contributed by atoms with Gasteiger partial charge in [-0.3, -0.25) is 4.68 Å². The largest absolute Gasteiger partial charge is 0.303 e. The van der Waals surface area contributed by atoms with E-state index < -0.39 is 0 Å². The molecule has 0 N–H and O–H groups in total. The van der Waals surface area contributed by atoms with E-state index in [2.05, 4.69) is 5.10 Å². The van der Waals surface area contributed by atoms with E-state index >= 15 is 0 Å². The molecule has 0 aliphatic rings. The van der Waals surface area contributed by atoms with Gasteiger partial charge in [0.15, 0.2) is 0 Å². The highest BCUT2D eigenvalue weighted by atomic mass is 35.5. The van der Waals surface area contributed by atoms with E-state index in [4.69, 9.17) is 11.6 Å². The van der Waals surface area contributed by atoms with Crippen LogP contribution in [-0.4, -0.2) is 16.1 Å². The fourth-order valence-corrected chi connectivity index (χ4v) is 1.59. The maximum Gasteiger partial charge on any atom is 0.130 e. The number of halogens is 1. The monoisotopic (exact) mass is 200 g/mol. The molecule has 0 unspecified atom stereocenters. The lowest BCUT2D eigenvalue weighted by Gasteiger charge is -1.97. The Morgan fingerprint density at radius 1 is 1.62 bits per heavy atom. The normalized spacial score (nSPS) is 10.4. The van der Waals surface area contributed by atoms with Crippen LogP contribution in [0.15, 0.2) is 0 Å². The molecule has 0 radical (unpaired) electrons. The zero-order valence-corrected chi connectivity index (χ0v) is 8.64. The van der Waals surface area contributed by atoms with Gasteiger partial charge < -0.3 is 4.79 Å². The number of hydrogen-bond acceptors (Lipinski definition) is 2. The molecule has 4 heteroatoms. The third-order valence-electron chi connectivity index (χ3n) is 2.02. The minimum atomic E-state index is 0.588. The van der Waals surface area contributed by atoms with Crippen molar-refractivity contribution in [1.82, 2.24) is 9.78 Å². The molecular formula is C9H13ClN2O. The van der Waals surface area contributed by atoms with Crippen LogP contribution in [0.5, 0.6) is 0 Å². The maximum atomic E-state index is 10.1. The lowest BCUT2D eigenvalue weighted by Crippen LogP contribution is -1.90. The van der Waals surface area contributed by atoms with Crippen molar-refractivity contribution in [2.45, 2.75) is 26.2 Å². The second-order valence-electron chi connectivity index (χ2n) is 3.04. The van der Waals surface area contributed by atoms with Gasteiger partial charge in [-0.15, -0.1) is 0 Å². The summed E-state index contributed by atoms with van der Waals surface area (Å²) in [5.41, 5.74) is 2.02. The zero-order chi connectivity index (χ0) is 9.84. The number of aryl methyl sites for hydroxylation is 2. The summed E-state index contributed by atoms with van der Waals surface area (Å²) in [6.07, 6.45) is 3.19. The molecule has 0 amide bonds. The summed E-state index contributed by atoms with van der Waals surface area (Å²) in [4.78, 5) is 10.1. The molecule has 13 heavy (non-hydrogen) atoms. The predicted molar refractivity (Wildman–Crippen MR) is 52.0 cm³/mol. The Balaban J connectivity index is 2.69. The van der Waals surface area contributed by atoms with E-state index in [0.717, 1.165) is 30.4 Å². The summed E-state index contributed by atoms with van der Waals surface area (Å²) in [6, 6.07) is 0. The molecule has 0 fully saturated rings. The van der Waals surface area contributed by atoms with Crippen LogP contribution in [0, 0.1) is 6.92 Å². The summed E-state index contributed by atoms with van der Waals surface area (Å²) in [7, 11) is 1.82. The maximum absolute atomic E-state index is 10.1. The van der Waals surface area contributed by atoms with E-state index in [9.17, 15) is 4.79 Å². The van der Waals surface area contributed by atoms with Crippen molar-refractivity contribution in [2.24, 2.45) is 7.05 Å². The molecule has 0 spiro atoms. The molecule has 3 nitrogen and oxygen atoms in total. The van der Waals surface area contributed by atoms with Crippen molar-refractivity contribution in [3.63, 3.8) is 0 Å². The number of hydrogen-bond donors (Lipinski definition) is 0. The Morgan fingerprint density at radius 3 is 2.77 bits per heavy atom. The summed E-state index contributed by atoms with van der Waals surface area (Å²) in [6.45, 7) is 1.93. The van der Waals surface area contributed by atoms with Gasteiger partial charge >= 0.3 is 0 Å². The summed E-state index contributed by atoms with van der Waals surface area (Å²) in [5, 5.41) is 4.87. The molecule has 1 aromatic rings. The number of carbonyl (C=O) groups excluding carboxylic acids is 1. The number of unbranched alkanes of at least 4 members (excludes halogenated alkanes) is 1. The number of aromatic nitrogens is 2. The third-order valence-corrected chi connectivity index (χ3v) is 2.49. The van der Waals surface area contributed by atoms with Gasteiger partial charge in [-0.25, -0.2) is 0 Å². The Labute approximate surface area is 82.7 Å². The van der Waals surface area contributed by atoms with Gasteiger partial charge in [-0.2, -0.15) is 5.10 Å². The average molecular weight is 201 g/mol. The van der Waals surface area contributed by atoms with Gasteiger partial charge in [0.05, 0.1) is 5.69 Å². The standard InChI is InChI=1S/C9H13ClN2O/c1-7-8(5-3-4-6-13)9(10)12(2)11-7/h6H,3-5H2,1-2H3. The Morgan fingerprint density at radius 2 is 2.31 bits per heavy atom. The van der Waals surface area contributed by atoms with Gasteiger partial charge in [-0.1, -0.05) is 11.6 Å². The fraction of sp³-hybridized carbons (Fsp3) is 0.556. The lowest BCUT2D eigenvalue weighted by molar-refractivity contribution is -0.107. The first-order chi connectivity index (χ1) is 6.16. The van der Waals surface area contributed by atoms with E-state index in [1.165, 1.54) is 0 Å². The summed E-state index contributed by atoms with van der Waals surface area (Å²) >= 11 is 6.01. The molecule has 72 valence electrons. The highest BCUT2D eigenvalue weighted by Gasteiger charge is 2.09. The molecule has 1 aromatic heterocycles. The smallest absolute Gasteiger partial charge is 0.130 e. The van der Waals surface area contributed by atoms with Crippen LogP contribution in [0.2, 0.25) is 5.15 Å². The minimum absolute atomic E-state index is 0.588. The van der Waals surface area contributed by atoms with Crippen molar-refractivity contribution in [3.05, 3.63) is 16.4 Å². The first-order valence-electron chi connectivity index (χ1n) is 4.28. The molecule has 0 saturated carbocycles. The van der Waals surface area contributed by atoms with E-state index in [-0.39, 0.29) is 0 Å². The van der Waals surface area contributed by atoms with Crippen LogP contribution in [-0.2, 0) is 18.3 Å². The third kappa shape index (κ3) is 2.31. The summed E-state index contributed by atoms with van der Waals surface area (Å²) in [5.74, 6) is 0. The molecule has 0 aliphatic carbocycles. The molecule has 0 bridgehead atoms. The molecule has 1 heterocycles. The van der Waals surface area contributed by atoms with Crippen LogP contribution in [0.1, 0.15) is 24.1 Å².